The van der Waals surface area contributed by atoms with Crippen molar-refractivity contribution in [2.75, 3.05) is 0 Å². The van der Waals surface area contributed by atoms with Crippen molar-refractivity contribution in [1.82, 2.24) is 15.5 Å². The molecule has 1 aliphatic rings. The number of aryl methyl sites for hydroxylation is 2. The highest BCUT2D eigenvalue weighted by atomic mass is 19.1. The number of aromatic nitrogens is 2. The summed E-state index contributed by atoms with van der Waals surface area (Å²) in [6.07, 6.45) is 0.991. The highest BCUT2D eigenvalue weighted by Crippen LogP contribution is 2.49. The van der Waals surface area contributed by atoms with Gasteiger partial charge in [-0.15, -0.1) is 0 Å². The fourth-order valence-corrected chi connectivity index (χ4v) is 3.10. The predicted molar refractivity (Wildman–Crippen MR) is 83.9 cm³/mol. The molecule has 1 amide bonds. The van der Waals surface area contributed by atoms with E-state index < -0.39 is 29.2 Å². The van der Waals surface area contributed by atoms with Gasteiger partial charge >= 0.3 is 5.97 Å². The van der Waals surface area contributed by atoms with Gasteiger partial charge < -0.3 is 10.4 Å². The van der Waals surface area contributed by atoms with Gasteiger partial charge in [-0.3, -0.25) is 9.89 Å². The Balaban J connectivity index is 1.90. The molecule has 1 aliphatic carbocycles. The molecule has 3 N–H and O–H groups in total. The van der Waals surface area contributed by atoms with Crippen LogP contribution in [0.1, 0.15) is 41.4 Å². The zero-order valence-corrected chi connectivity index (χ0v) is 13.4. The molecular formula is C17H18FN3O3. The van der Waals surface area contributed by atoms with E-state index in [1.807, 2.05) is 0 Å². The van der Waals surface area contributed by atoms with E-state index in [0.29, 0.717) is 35.4 Å². The molecule has 6 nitrogen and oxygen atoms in total. The predicted octanol–water partition coefficient (Wildman–Crippen LogP) is 2.14. The Labute approximate surface area is 138 Å². The molecule has 0 aliphatic heterocycles. The zero-order valence-electron chi connectivity index (χ0n) is 13.4. The number of aromatic amines is 1. The van der Waals surface area contributed by atoms with Gasteiger partial charge in [-0.1, -0.05) is 18.2 Å². The smallest absolute Gasteiger partial charge is 0.331 e. The van der Waals surface area contributed by atoms with Crippen LogP contribution in [0.2, 0.25) is 0 Å². The first-order chi connectivity index (χ1) is 11.4. The van der Waals surface area contributed by atoms with E-state index in [2.05, 4.69) is 15.5 Å². The molecule has 126 valence electrons. The van der Waals surface area contributed by atoms with E-state index in [1.54, 1.807) is 32.0 Å². The highest BCUT2D eigenvalue weighted by Gasteiger charge is 2.53. The van der Waals surface area contributed by atoms with Crippen molar-refractivity contribution in [1.29, 1.82) is 0 Å². The SMILES string of the molecule is Cc1n[nH]c(C)c1[C@@H](NC(=O)C1(c2ccccc2F)CC1)C(=O)O. The zero-order chi connectivity index (χ0) is 17.5. The molecule has 24 heavy (non-hydrogen) atoms. The van der Waals surface area contributed by atoms with Crippen LogP contribution in [0.4, 0.5) is 4.39 Å². The number of carboxylic acids is 1. The van der Waals surface area contributed by atoms with Gasteiger partial charge in [0.1, 0.15) is 5.82 Å². The molecule has 7 heteroatoms. The first-order valence-corrected chi connectivity index (χ1v) is 7.67. The van der Waals surface area contributed by atoms with Crippen LogP contribution < -0.4 is 5.32 Å². The number of carbonyl (C=O) groups excluding carboxylic acids is 1. The van der Waals surface area contributed by atoms with Crippen LogP contribution in [0.3, 0.4) is 0 Å². The summed E-state index contributed by atoms with van der Waals surface area (Å²) in [7, 11) is 0. The molecule has 0 spiro atoms. The number of amides is 1. The Kier molecular flexibility index (Phi) is 3.87. The van der Waals surface area contributed by atoms with Crippen LogP contribution in [-0.4, -0.2) is 27.2 Å². The second-order valence-electron chi connectivity index (χ2n) is 6.15. The van der Waals surface area contributed by atoms with E-state index in [4.69, 9.17) is 0 Å². The van der Waals surface area contributed by atoms with Gasteiger partial charge in [0.25, 0.3) is 0 Å². The number of nitrogens with one attached hydrogen (secondary N) is 2. The number of hydrogen-bond donors (Lipinski definition) is 3. The fraction of sp³-hybridized carbons (Fsp3) is 0.353. The molecule has 1 aromatic carbocycles. The number of H-pyrrole nitrogens is 1. The fourth-order valence-electron chi connectivity index (χ4n) is 3.10. The topological polar surface area (TPSA) is 95.1 Å². The lowest BCUT2D eigenvalue weighted by Gasteiger charge is -2.21. The summed E-state index contributed by atoms with van der Waals surface area (Å²) in [6, 6.07) is 4.89. The van der Waals surface area contributed by atoms with Gasteiger partial charge in [-0.25, -0.2) is 9.18 Å². The minimum atomic E-state index is -1.22. The Morgan fingerprint density at radius 3 is 2.50 bits per heavy atom. The largest absolute Gasteiger partial charge is 0.479 e. The van der Waals surface area contributed by atoms with E-state index >= 15 is 0 Å². The Bertz CT molecular complexity index is 792. The molecule has 1 saturated carbocycles. The molecule has 0 unspecified atom stereocenters. The van der Waals surface area contributed by atoms with Crippen molar-refractivity contribution in [3.8, 4) is 0 Å². The molecule has 1 heterocycles. The molecule has 3 rings (SSSR count). The third-order valence-electron chi connectivity index (χ3n) is 4.57. The van der Waals surface area contributed by atoms with Gasteiger partial charge in [-0.05, 0) is 32.8 Å². The van der Waals surface area contributed by atoms with Gasteiger partial charge in [0.2, 0.25) is 5.91 Å². The molecule has 2 aromatic rings. The van der Waals surface area contributed by atoms with Crippen LogP contribution in [0, 0.1) is 19.7 Å². The number of halogens is 1. The maximum Gasteiger partial charge on any atom is 0.331 e. The van der Waals surface area contributed by atoms with Crippen LogP contribution in [-0.2, 0) is 15.0 Å². The first-order valence-electron chi connectivity index (χ1n) is 7.67. The molecule has 0 bridgehead atoms. The van der Waals surface area contributed by atoms with Crippen molar-refractivity contribution >= 4 is 11.9 Å². The highest BCUT2D eigenvalue weighted by molar-refractivity contribution is 5.94. The lowest BCUT2D eigenvalue weighted by Crippen LogP contribution is -2.41. The maximum absolute atomic E-state index is 14.1. The van der Waals surface area contributed by atoms with E-state index in [9.17, 15) is 19.1 Å². The summed E-state index contributed by atoms with van der Waals surface area (Å²) < 4.78 is 14.1. The summed E-state index contributed by atoms with van der Waals surface area (Å²) in [4.78, 5) is 24.4. The van der Waals surface area contributed by atoms with Crippen LogP contribution in [0.5, 0.6) is 0 Å². The van der Waals surface area contributed by atoms with Crippen LogP contribution >= 0.6 is 0 Å². The minimum absolute atomic E-state index is 0.312. The van der Waals surface area contributed by atoms with E-state index in [0.717, 1.165) is 0 Å². The Morgan fingerprint density at radius 2 is 2.00 bits per heavy atom. The van der Waals surface area contributed by atoms with Crippen molar-refractivity contribution in [3.05, 3.63) is 52.6 Å². The number of rotatable bonds is 5. The van der Waals surface area contributed by atoms with E-state index in [-0.39, 0.29) is 0 Å². The Hall–Kier alpha value is -2.70. The van der Waals surface area contributed by atoms with Crippen molar-refractivity contribution in [2.24, 2.45) is 0 Å². The molecular weight excluding hydrogens is 313 g/mol. The number of aliphatic carboxylic acids is 1. The van der Waals surface area contributed by atoms with Crippen LogP contribution in [0.25, 0.3) is 0 Å². The maximum atomic E-state index is 14.1. The van der Waals surface area contributed by atoms with Crippen LogP contribution in [0.15, 0.2) is 24.3 Å². The van der Waals surface area contributed by atoms with Crippen molar-refractivity contribution in [2.45, 2.75) is 38.1 Å². The third-order valence-corrected chi connectivity index (χ3v) is 4.57. The third kappa shape index (κ3) is 2.55. The first kappa shape index (κ1) is 16.2. The van der Waals surface area contributed by atoms with Crippen molar-refractivity contribution in [3.63, 3.8) is 0 Å². The summed E-state index contributed by atoms with van der Waals surface area (Å²) >= 11 is 0. The van der Waals surface area contributed by atoms with Gasteiger partial charge in [0.15, 0.2) is 6.04 Å². The molecule has 1 aromatic heterocycles. The Morgan fingerprint density at radius 1 is 1.33 bits per heavy atom. The second-order valence-corrected chi connectivity index (χ2v) is 6.15. The normalized spacial score (nSPS) is 16.5. The van der Waals surface area contributed by atoms with Gasteiger partial charge in [0.05, 0.1) is 11.1 Å². The van der Waals surface area contributed by atoms with Gasteiger partial charge in [-0.2, -0.15) is 5.10 Å². The molecule has 0 radical (unpaired) electrons. The number of carboxylic acid groups (broad SMARTS) is 1. The standard InChI is InChI=1S/C17H18FN3O3/c1-9-13(10(2)21-20-9)14(15(22)23)19-16(24)17(7-8-17)11-5-3-4-6-12(11)18/h3-6,14H,7-8H2,1-2H3,(H,19,24)(H,20,21)(H,22,23)/t14-/m1/s1. The average Bonchev–Trinajstić information content (AvgIpc) is 3.27. The second kappa shape index (κ2) is 5.74. The number of nitrogens with zero attached hydrogens (tertiary/aromatic N) is 1. The number of benzene rings is 1. The number of carbonyl (C=O) groups is 2. The average molecular weight is 331 g/mol. The summed E-state index contributed by atoms with van der Waals surface area (Å²) in [5.41, 5.74) is 0.851. The number of hydrogen-bond acceptors (Lipinski definition) is 3. The van der Waals surface area contributed by atoms with E-state index in [1.165, 1.54) is 6.07 Å². The molecule has 0 saturated heterocycles. The molecule has 1 atom stereocenters. The van der Waals surface area contributed by atoms with Gasteiger partial charge in [0, 0.05) is 16.8 Å². The molecule has 1 fully saturated rings. The minimum Gasteiger partial charge on any atom is -0.479 e. The summed E-state index contributed by atoms with van der Waals surface area (Å²) in [5, 5.41) is 18.8. The lowest BCUT2D eigenvalue weighted by atomic mass is 9.93. The monoisotopic (exact) mass is 331 g/mol. The quantitative estimate of drug-likeness (QED) is 0.782. The van der Waals surface area contributed by atoms with Crippen molar-refractivity contribution < 1.29 is 19.1 Å². The summed E-state index contributed by atoms with van der Waals surface area (Å²) in [6.45, 7) is 3.37. The lowest BCUT2D eigenvalue weighted by molar-refractivity contribution is -0.142. The summed E-state index contributed by atoms with van der Waals surface area (Å²) in [5.74, 6) is -2.10.